The van der Waals surface area contributed by atoms with Crippen molar-refractivity contribution in [3.63, 3.8) is 0 Å². The van der Waals surface area contributed by atoms with Gasteiger partial charge in [0.1, 0.15) is 0 Å². The van der Waals surface area contributed by atoms with Gasteiger partial charge in [-0.15, -0.1) is 0 Å². The molecular formula is C15H31NO2. The highest BCUT2D eigenvalue weighted by atomic mass is 16.5. The summed E-state index contributed by atoms with van der Waals surface area (Å²) in [5.74, 6) is -0.112. The fraction of sp³-hybridized carbons (Fsp3) is 0.933. The van der Waals surface area contributed by atoms with Crippen LogP contribution < -0.4 is 0 Å². The fourth-order valence-corrected chi connectivity index (χ4v) is 1.90. The Labute approximate surface area is 113 Å². The molecule has 0 saturated heterocycles. The number of nitrogens with zero attached hydrogens (tertiary/aromatic N) is 1. The number of unbranched alkanes of at least 4 members (excludes halogenated alkanes) is 8. The molecule has 0 aromatic heterocycles. The van der Waals surface area contributed by atoms with Gasteiger partial charge in [-0.3, -0.25) is 9.69 Å². The molecule has 0 spiro atoms. The predicted octanol–water partition coefficient (Wildman–Crippen LogP) is 3.62. The molecule has 0 bridgehead atoms. The van der Waals surface area contributed by atoms with Gasteiger partial charge >= 0.3 is 5.97 Å². The van der Waals surface area contributed by atoms with E-state index in [9.17, 15) is 4.79 Å². The van der Waals surface area contributed by atoms with Gasteiger partial charge in [0, 0.05) is 0 Å². The lowest BCUT2D eigenvalue weighted by Crippen LogP contribution is -2.23. The number of carbonyl (C=O) groups excluding carboxylic acids is 1. The van der Waals surface area contributed by atoms with Crippen LogP contribution in [-0.2, 0) is 9.53 Å². The van der Waals surface area contributed by atoms with E-state index in [0.717, 1.165) is 6.42 Å². The Kier molecular flexibility index (Phi) is 12.5. The average molecular weight is 257 g/mol. The zero-order valence-corrected chi connectivity index (χ0v) is 12.5. The second-order valence-corrected chi connectivity index (χ2v) is 5.29. The van der Waals surface area contributed by atoms with E-state index in [4.69, 9.17) is 4.74 Å². The second kappa shape index (κ2) is 12.9. The van der Waals surface area contributed by atoms with Crippen molar-refractivity contribution in [2.24, 2.45) is 0 Å². The third-order valence-electron chi connectivity index (χ3n) is 2.96. The van der Waals surface area contributed by atoms with Gasteiger partial charge in [-0.1, -0.05) is 58.3 Å². The first kappa shape index (κ1) is 17.4. The summed E-state index contributed by atoms with van der Waals surface area (Å²) < 4.78 is 5.13. The van der Waals surface area contributed by atoms with Gasteiger partial charge in [0.05, 0.1) is 13.2 Å². The third-order valence-corrected chi connectivity index (χ3v) is 2.96. The SMILES string of the molecule is CCCCCCCCCCCOC(=O)CN(C)C. The van der Waals surface area contributed by atoms with Crippen LogP contribution in [0, 0.1) is 0 Å². The second-order valence-electron chi connectivity index (χ2n) is 5.29. The number of hydrogen-bond donors (Lipinski definition) is 0. The Hall–Kier alpha value is -0.570. The topological polar surface area (TPSA) is 29.5 Å². The third kappa shape index (κ3) is 13.5. The van der Waals surface area contributed by atoms with Gasteiger partial charge in [-0.05, 0) is 20.5 Å². The summed E-state index contributed by atoms with van der Waals surface area (Å²) in [7, 11) is 3.75. The molecule has 0 N–H and O–H groups in total. The Balaban J connectivity index is 3.09. The highest BCUT2D eigenvalue weighted by Crippen LogP contribution is 2.09. The maximum absolute atomic E-state index is 11.2. The van der Waals surface area contributed by atoms with Crippen molar-refractivity contribution in [3.05, 3.63) is 0 Å². The van der Waals surface area contributed by atoms with E-state index < -0.39 is 0 Å². The molecule has 0 radical (unpaired) electrons. The number of likely N-dealkylation sites (N-methyl/N-ethyl adjacent to an activating group) is 1. The highest BCUT2D eigenvalue weighted by molar-refractivity contribution is 5.71. The normalized spacial score (nSPS) is 10.9. The summed E-state index contributed by atoms with van der Waals surface area (Å²) in [6.07, 6.45) is 11.6. The van der Waals surface area contributed by atoms with Crippen LogP contribution in [-0.4, -0.2) is 38.1 Å². The van der Waals surface area contributed by atoms with Gasteiger partial charge in [-0.2, -0.15) is 0 Å². The molecule has 18 heavy (non-hydrogen) atoms. The molecule has 108 valence electrons. The summed E-state index contributed by atoms with van der Waals surface area (Å²) in [6.45, 7) is 3.22. The summed E-state index contributed by atoms with van der Waals surface area (Å²) >= 11 is 0. The van der Waals surface area contributed by atoms with Crippen molar-refractivity contribution in [1.82, 2.24) is 4.90 Å². The van der Waals surface area contributed by atoms with E-state index in [-0.39, 0.29) is 5.97 Å². The quantitative estimate of drug-likeness (QED) is 0.395. The standard InChI is InChI=1S/C15H31NO2/c1-4-5-6-7-8-9-10-11-12-13-18-15(17)14-16(2)3/h4-14H2,1-3H3. The van der Waals surface area contributed by atoms with E-state index >= 15 is 0 Å². The first-order valence-corrected chi connectivity index (χ1v) is 7.47. The molecule has 0 fully saturated rings. The zero-order valence-electron chi connectivity index (χ0n) is 12.5. The first-order valence-electron chi connectivity index (χ1n) is 7.47. The molecule has 0 aromatic rings. The molecule has 0 heterocycles. The molecule has 0 atom stereocenters. The van der Waals surface area contributed by atoms with Gasteiger partial charge in [0.25, 0.3) is 0 Å². The van der Waals surface area contributed by atoms with Crippen molar-refractivity contribution in [2.45, 2.75) is 64.7 Å². The van der Waals surface area contributed by atoms with E-state index in [1.807, 2.05) is 19.0 Å². The van der Waals surface area contributed by atoms with Crippen molar-refractivity contribution in [1.29, 1.82) is 0 Å². The Morgan fingerprint density at radius 1 is 0.889 bits per heavy atom. The predicted molar refractivity (Wildman–Crippen MR) is 76.7 cm³/mol. The molecule has 3 heteroatoms. The number of carbonyl (C=O) groups is 1. The van der Waals surface area contributed by atoms with Gasteiger partial charge in [0.2, 0.25) is 0 Å². The Bertz CT molecular complexity index is 193. The van der Waals surface area contributed by atoms with Gasteiger partial charge in [-0.25, -0.2) is 0 Å². The number of esters is 1. The molecule has 3 nitrogen and oxygen atoms in total. The van der Waals surface area contributed by atoms with Crippen LogP contribution in [0.1, 0.15) is 64.7 Å². The minimum atomic E-state index is -0.112. The van der Waals surface area contributed by atoms with Gasteiger partial charge in [0.15, 0.2) is 0 Å². The van der Waals surface area contributed by atoms with Crippen LogP contribution in [0.15, 0.2) is 0 Å². The molecule has 0 aliphatic rings. The summed E-state index contributed by atoms with van der Waals surface area (Å²) in [4.78, 5) is 13.1. The molecule has 0 saturated carbocycles. The molecule has 0 unspecified atom stereocenters. The maximum atomic E-state index is 11.2. The van der Waals surface area contributed by atoms with Crippen molar-refractivity contribution in [2.75, 3.05) is 27.2 Å². The maximum Gasteiger partial charge on any atom is 0.320 e. The van der Waals surface area contributed by atoms with Crippen LogP contribution in [0.5, 0.6) is 0 Å². The van der Waals surface area contributed by atoms with Crippen molar-refractivity contribution >= 4 is 5.97 Å². The monoisotopic (exact) mass is 257 g/mol. The largest absolute Gasteiger partial charge is 0.465 e. The number of rotatable bonds is 12. The minimum Gasteiger partial charge on any atom is -0.465 e. The summed E-state index contributed by atoms with van der Waals surface area (Å²) in [5, 5.41) is 0. The zero-order chi connectivity index (χ0) is 13.6. The lowest BCUT2D eigenvalue weighted by Gasteiger charge is -2.09. The molecule has 0 aromatic carbocycles. The van der Waals surface area contributed by atoms with E-state index in [1.54, 1.807) is 0 Å². The fourth-order valence-electron chi connectivity index (χ4n) is 1.90. The van der Waals surface area contributed by atoms with Crippen LogP contribution in [0.2, 0.25) is 0 Å². The lowest BCUT2D eigenvalue weighted by molar-refractivity contribution is -0.144. The number of ether oxygens (including phenoxy) is 1. The Morgan fingerprint density at radius 3 is 1.89 bits per heavy atom. The molecular weight excluding hydrogens is 226 g/mol. The van der Waals surface area contributed by atoms with E-state index in [1.165, 1.54) is 51.4 Å². The van der Waals surface area contributed by atoms with Gasteiger partial charge < -0.3 is 4.74 Å². The smallest absolute Gasteiger partial charge is 0.320 e. The molecule has 0 aliphatic carbocycles. The Morgan fingerprint density at radius 2 is 1.39 bits per heavy atom. The summed E-state index contributed by atoms with van der Waals surface area (Å²) in [6, 6.07) is 0. The van der Waals surface area contributed by atoms with E-state index in [2.05, 4.69) is 6.92 Å². The molecule has 0 rings (SSSR count). The van der Waals surface area contributed by atoms with Crippen molar-refractivity contribution < 1.29 is 9.53 Å². The van der Waals surface area contributed by atoms with E-state index in [0.29, 0.717) is 13.2 Å². The van der Waals surface area contributed by atoms with Crippen LogP contribution in [0.4, 0.5) is 0 Å². The minimum absolute atomic E-state index is 0.112. The molecule has 0 aliphatic heterocycles. The first-order chi connectivity index (χ1) is 8.66. The average Bonchev–Trinajstić information content (AvgIpc) is 2.30. The van der Waals surface area contributed by atoms with Crippen LogP contribution in [0.25, 0.3) is 0 Å². The molecule has 0 amide bonds. The number of hydrogen-bond acceptors (Lipinski definition) is 3. The lowest BCUT2D eigenvalue weighted by atomic mass is 10.1. The van der Waals surface area contributed by atoms with Crippen molar-refractivity contribution in [3.8, 4) is 0 Å². The van der Waals surface area contributed by atoms with Crippen LogP contribution >= 0.6 is 0 Å². The highest BCUT2D eigenvalue weighted by Gasteiger charge is 2.03. The van der Waals surface area contributed by atoms with Crippen LogP contribution in [0.3, 0.4) is 0 Å². The summed E-state index contributed by atoms with van der Waals surface area (Å²) in [5.41, 5.74) is 0.